The van der Waals surface area contributed by atoms with Crippen molar-refractivity contribution in [3.05, 3.63) is 82.6 Å². The lowest BCUT2D eigenvalue weighted by Crippen LogP contribution is -2.81. The second-order valence-electron chi connectivity index (χ2n) is 17.2. The van der Waals surface area contributed by atoms with Gasteiger partial charge >= 0.3 is 11.9 Å². The molecule has 11 nitrogen and oxygen atoms in total. The maximum Gasteiger partial charge on any atom is 0.322 e. The first kappa shape index (κ1) is 37.1. The number of ketones is 1. The Morgan fingerprint density at radius 1 is 1.04 bits per heavy atom. The highest BCUT2D eigenvalue weighted by atomic mass is 16.6. The molecule has 1 spiro atoms. The first-order valence-electron chi connectivity index (χ1n) is 20.2. The van der Waals surface area contributed by atoms with Gasteiger partial charge in [0.15, 0.2) is 17.5 Å². The Morgan fingerprint density at radius 3 is 2.52 bits per heavy atom. The van der Waals surface area contributed by atoms with Crippen LogP contribution in [0, 0.1) is 11.3 Å². The van der Waals surface area contributed by atoms with E-state index in [1.807, 2.05) is 30.1 Å². The number of hydrogen-bond acceptors (Lipinski definition) is 10. The number of fused-ring (bicyclic) bond motifs is 6. The van der Waals surface area contributed by atoms with E-state index >= 15 is 4.79 Å². The van der Waals surface area contributed by atoms with Crippen LogP contribution in [0.2, 0.25) is 0 Å². The molecular weight excluding hydrogens is 709 g/mol. The number of ether oxygens (including phenoxy) is 3. The summed E-state index contributed by atoms with van der Waals surface area (Å²) in [5.74, 6) is -0.788. The fourth-order valence-corrected chi connectivity index (χ4v) is 12.8. The molecule has 1 saturated heterocycles. The molecule has 9 atom stereocenters. The van der Waals surface area contributed by atoms with Crippen molar-refractivity contribution in [3.63, 3.8) is 0 Å². The highest BCUT2D eigenvalue weighted by Gasteiger charge is 2.79. The number of esters is 2. The molecule has 56 heavy (non-hydrogen) atoms. The van der Waals surface area contributed by atoms with Gasteiger partial charge in [-0.25, -0.2) is 0 Å². The molecule has 2 aromatic carbocycles. The number of hydrogen-bond donors (Lipinski definition) is 2. The zero-order valence-electron chi connectivity index (χ0n) is 33.6. The average molecular weight is 763 g/mol. The van der Waals surface area contributed by atoms with E-state index in [1.165, 1.54) is 26.5 Å². The van der Waals surface area contributed by atoms with Gasteiger partial charge in [-0.1, -0.05) is 55.8 Å². The minimum Gasteiger partial charge on any atom is -0.496 e. The van der Waals surface area contributed by atoms with Crippen LogP contribution in [-0.2, 0) is 41.2 Å². The predicted molar refractivity (Wildman–Crippen MR) is 213 cm³/mol. The normalized spacial score (nSPS) is 35.4. The van der Waals surface area contributed by atoms with Gasteiger partial charge < -0.3 is 29.2 Å². The summed E-state index contributed by atoms with van der Waals surface area (Å²) < 4.78 is 18.4. The zero-order chi connectivity index (χ0) is 39.5. The van der Waals surface area contributed by atoms with Crippen LogP contribution in [0.5, 0.6) is 5.75 Å². The minimum absolute atomic E-state index is 0.0454. The average Bonchev–Trinajstić information content (AvgIpc) is 3.84. The number of carbonyl (C=O) groups excluding carboxylic acids is 3. The molecule has 296 valence electrons. The molecule has 9 rings (SSSR count). The van der Waals surface area contributed by atoms with Crippen LogP contribution in [0.3, 0.4) is 0 Å². The molecule has 6 aliphatic rings. The minimum atomic E-state index is -2.06. The van der Waals surface area contributed by atoms with Crippen molar-refractivity contribution in [1.29, 1.82) is 0 Å². The van der Waals surface area contributed by atoms with Crippen molar-refractivity contribution in [2.45, 2.75) is 94.5 Å². The molecule has 3 aromatic rings. The van der Waals surface area contributed by atoms with Crippen molar-refractivity contribution in [3.8, 4) is 5.75 Å². The Labute approximate surface area is 328 Å². The van der Waals surface area contributed by atoms with E-state index in [1.54, 1.807) is 7.11 Å². The van der Waals surface area contributed by atoms with Crippen LogP contribution in [0.15, 0.2) is 60.2 Å². The molecule has 1 aliphatic carbocycles. The number of nitrogens with one attached hydrogen (secondary N) is 1. The van der Waals surface area contributed by atoms with Crippen LogP contribution in [0.4, 0.5) is 5.69 Å². The molecular formula is C45H54N4O7. The summed E-state index contributed by atoms with van der Waals surface area (Å²) in [6.07, 6.45) is 8.01. The van der Waals surface area contributed by atoms with Crippen LogP contribution < -0.4 is 9.64 Å². The molecule has 2 N–H and O–H groups in total. The number of aliphatic hydroxyl groups is 1. The summed E-state index contributed by atoms with van der Waals surface area (Å²) in [7, 11) is 5.03. The first-order valence-corrected chi connectivity index (χ1v) is 20.2. The SMILES string of the molecule is CCC1=C[C@@H]2CN(C1)Cc1c([nH]c3ccccc13)[C@@](C(=O)OC)(c1cc3c(cc1OC)N(C)[C@H]1C(O)(C(C)=O)[C@H](OC(C)=O)[C@]4(CC)C=CCN5CCC31[C@@H]54)C2. The molecule has 11 heteroatoms. The first-order chi connectivity index (χ1) is 26.8. The van der Waals surface area contributed by atoms with Crippen LogP contribution in [0.1, 0.15) is 75.8 Å². The van der Waals surface area contributed by atoms with Crippen LogP contribution >= 0.6 is 0 Å². The maximum atomic E-state index is 15.1. The second kappa shape index (κ2) is 12.8. The van der Waals surface area contributed by atoms with Crippen LogP contribution in [-0.4, -0.2) is 109 Å². The van der Waals surface area contributed by atoms with E-state index in [2.05, 4.69) is 65.1 Å². The quantitative estimate of drug-likeness (QED) is 0.246. The highest BCUT2D eigenvalue weighted by Crippen LogP contribution is 2.68. The summed E-state index contributed by atoms with van der Waals surface area (Å²) >= 11 is 0. The van der Waals surface area contributed by atoms with Gasteiger partial charge in [0.2, 0.25) is 0 Å². The topological polar surface area (TPSA) is 125 Å². The number of aromatic amines is 1. The summed E-state index contributed by atoms with van der Waals surface area (Å²) in [5, 5.41) is 14.3. The molecule has 6 heterocycles. The fraction of sp³-hybridized carbons (Fsp3) is 0.533. The number of rotatable bonds is 7. The number of nitrogens with zero attached hydrogens (tertiary/aromatic N) is 3. The van der Waals surface area contributed by atoms with E-state index in [4.69, 9.17) is 14.2 Å². The fourth-order valence-electron chi connectivity index (χ4n) is 12.8. The van der Waals surface area contributed by atoms with E-state index in [0.717, 1.165) is 59.5 Å². The Kier molecular flexibility index (Phi) is 8.48. The number of methoxy groups -OCH3 is 2. The number of anilines is 1. The number of H-pyrrole nitrogens is 1. The van der Waals surface area contributed by atoms with Gasteiger partial charge in [0, 0.05) is 90.9 Å². The third-order valence-corrected chi connectivity index (χ3v) is 14.8. The molecule has 0 amide bonds. The third-order valence-electron chi connectivity index (χ3n) is 14.8. The summed E-state index contributed by atoms with van der Waals surface area (Å²) in [5.41, 5.74) is 1.63. The number of Topliss-reactive ketones (excluding diaryl/α,β-unsaturated/α-hetero) is 1. The number of likely N-dealkylation sites (N-methyl/N-ethyl adjacent to an activating group) is 1. The largest absolute Gasteiger partial charge is 0.496 e. The van der Waals surface area contributed by atoms with Crippen molar-refractivity contribution in [1.82, 2.24) is 14.8 Å². The monoisotopic (exact) mass is 762 g/mol. The van der Waals surface area contributed by atoms with Gasteiger partial charge in [-0.3, -0.25) is 24.2 Å². The number of aromatic nitrogens is 1. The smallest absolute Gasteiger partial charge is 0.322 e. The maximum absolute atomic E-state index is 15.1. The molecule has 3 unspecified atom stereocenters. The molecule has 1 saturated carbocycles. The van der Waals surface area contributed by atoms with Crippen molar-refractivity contribution >= 4 is 34.3 Å². The lowest BCUT2D eigenvalue weighted by Gasteiger charge is -2.64. The van der Waals surface area contributed by atoms with Gasteiger partial charge in [0.1, 0.15) is 11.2 Å². The van der Waals surface area contributed by atoms with Crippen molar-refractivity contribution in [2.75, 3.05) is 52.3 Å². The van der Waals surface area contributed by atoms with Gasteiger partial charge in [0.25, 0.3) is 0 Å². The zero-order valence-corrected chi connectivity index (χ0v) is 33.6. The second-order valence-corrected chi connectivity index (χ2v) is 17.2. The number of carbonyl (C=O) groups is 3. The molecule has 5 aliphatic heterocycles. The lowest BCUT2D eigenvalue weighted by molar-refractivity contribution is -0.215. The third kappa shape index (κ3) is 4.59. The Bertz CT molecular complexity index is 2230. The Hall–Kier alpha value is -4.45. The van der Waals surface area contributed by atoms with E-state index in [9.17, 15) is 14.7 Å². The lowest BCUT2D eigenvalue weighted by atomic mass is 9.47. The van der Waals surface area contributed by atoms with Gasteiger partial charge in [0.05, 0.1) is 20.3 Å². The molecule has 0 radical (unpaired) electrons. The van der Waals surface area contributed by atoms with Crippen molar-refractivity contribution in [2.24, 2.45) is 11.3 Å². The summed E-state index contributed by atoms with van der Waals surface area (Å²) in [6.45, 7) is 10.8. The number of benzene rings is 2. The van der Waals surface area contributed by atoms with Gasteiger partial charge in [-0.05, 0) is 68.3 Å². The number of para-hydroxylation sites is 1. The van der Waals surface area contributed by atoms with E-state index < -0.39 is 45.7 Å². The molecule has 1 aromatic heterocycles. The standard InChI is InChI=1S/C45H54N4O7/c1-8-28-19-29-22-44(41(52)55-7,37-31(25-48(23-28)24-29)30-13-10-11-14-34(30)46-37)33-20-32-35(21-36(33)54-6)47(5)39-43(32)16-18-49-17-12-15-42(9-2,38(43)49)40(56-27(4)51)45(39,53)26(3)50/h10-15,19-21,29,38-40,46,53H,8-9,16-18,22-25H2,1-7H3/t29-,38-,39+,40+,42+,43?,44-,45?/m0/s1. The molecule has 2 fully saturated rings. The Morgan fingerprint density at radius 2 is 1.82 bits per heavy atom. The van der Waals surface area contributed by atoms with E-state index in [0.29, 0.717) is 43.7 Å². The van der Waals surface area contributed by atoms with Gasteiger partial charge in [-0.15, -0.1) is 0 Å². The van der Waals surface area contributed by atoms with Crippen molar-refractivity contribution < 1.29 is 33.7 Å². The Balaban J connectivity index is 1.37. The van der Waals surface area contributed by atoms with Gasteiger partial charge in [-0.2, -0.15) is 0 Å². The summed E-state index contributed by atoms with van der Waals surface area (Å²) in [6, 6.07) is 11.4. The van der Waals surface area contributed by atoms with Crippen LogP contribution in [0.25, 0.3) is 10.9 Å². The van der Waals surface area contributed by atoms with E-state index in [-0.39, 0.29) is 17.9 Å². The highest BCUT2D eigenvalue weighted by molar-refractivity contribution is 5.95. The molecule has 2 bridgehead atoms. The summed E-state index contributed by atoms with van der Waals surface area (Å²) in [4.78, 5) is 53.0. The predicted octanol–water partition coefficient (Wildman–Crippen LogP) is 5.17.